The smallest absolute Gasteiger partial charge is 0.193 e. The molecule has 0 amide bonds. The maximum Gasteiger partial charge on any atom is 0.193 e. The molecule has 4 heteroatoms. The van der Waals surface area contributed by atoms with Gasteiger partial charge >= 0.3 is 0 Å². The summed E-state index contributed by atoms with van der Waals surface area (Å²) in [5.41, 5.74) is 10.3. The summed E-state index contributed by atoms with van der Waals surface area (Å²) >= 11 is 3.82. The van der Waals surface area contributed by atoms with Gasteiger partial charge in [0, 0.05) is 15.9 Å². The molecule has 7 rings (SSSR count). The molecule has 27 heavy (non-hydrogen) atoms. The highest BCUT2D eigenvalue weighted by molar-refractivity contribution is 9.09. The first-order valence-electron chi connectivity index (χ1n) is 10.4. The SMILES string of the molecule is NC(=NC1C2CC3CC(C2)CC1C3)Nc1ccc2c3c(cccc13)CC2Br. The van der Waals surface area contributed by atoms with E-state index < -0.39 is 0 Å². The van der Waals surface area contributed by atoms with Gasteiger partial charge in [-0.05, 0) is 84.8 Å². The Morgan fingerprint density at radius 3 is 2.48 bits per heavy atom. The average Bonchev–Trinajstić information content (AvgIpc) is 2.97. The molecular formula is C23H26BrN3. The van der Waals surface area contributed by atoms with Crippen LogP contribution in [0.1, 0.15) is 48.1 Å². The van der Waals surface area contributed by atoms with E-state index >= 15 is 0 Å². The van der Waals surface area contributed by atoms with Gasteiger partial charge in [-0.2, -0.15) is 0 Å². The highest BCUT2D eigenvalue weighted by Crippen LogP contribution is 2.54. The monoisotopic (exact) mass is 423 g/mol. The number of halogens is 1. The molecule has 3 N–H and O–H groups in total. The van der Waals surface area contributed by atoms with E-state index in [0.717, 1.165) is 35.8 Å². The number of hydrogen-bond donors (Lipinski definition) is 2. The number of rotatable bonds is 2. The second-order valence-corrected chi connectivity index (χ2v) is 10.4. The zero-order chi connectivity index (χ0) is 18.1. The fourth-order valence-electron chi connectivity index (χ4n) is 6.79. The Kier molecular flexibility index (Phi) is 3.63. The van der Waals surface area contributed by atoms with Gasteiger partial charge in [0.05, 0.1) is 6.04 Å². The maximum atomic E-state index is 6.43. The zero-order valence-electron chi connectivity index (χ0n) is 15.5. The van der Waals surface area contributed by atoms with E-state index in [9.17, 15) is 0 Å². The molecule has 5 aliphatic carbocycles. The summed E-state index contributed by atoms with van der Waals surface area (Å²) in [6, 6.07) is 11.4. The van der Waals surface area contributed by atoms with Gasteiger partial charge in [0.15, 0.2) is 5.96 Å². The van der Waals surface area contributed by atoms with Crippen molar-refractivity contribution in [2.45, 2.75) is 49.4 Å². The fraction of sp³-hybridized carbons (Fsp3) is 0.522. The fourth-order valence-corrected chi connectivity index (χ4v) is 7.52. The Hall–Kier alpha value is -1.55. The summed E-state index contributed by atoms with van der Waals surface area (Å²) in [7, 11) is 0. The van der Waals surface area contributed by atoms with Crippen LogP contribution in [0.3, 0.4) is 0 Å². The Morgan fingerprint density at radius 1 is 1.00 bits per heavy atom. The number of benzene rings is 2. The Morgan fingerprint density at radius 2 is 1.74 bits per heavy atom. The van der Waals surface area contributed by atoms with Crippen molar-refractivity contribution in [3.05, 3.63) is 41.5 Å². The topological polar surface area (TPSA) is 50.4 Å². The highest BCUT2D eigenvalue weighted by Gasteiger charge is 2.48. The molecule has 4 bridgehead atoms. The lowest BCUT2D eigenvalue weighted by Gasteiger charge is -2.53. The van der Waals surface area contributed by atoms with E-state index in [1.165, 1.54) is 54.0 Å². The summed E-state index contributed by atoms with van der Waals surface area (Å²) in [6.07, 6.45) is 8.05. The third-order valence-corrected chi connectivity index (χ3v) is 8.44. The summed E-state index contributed by atoms with van der Waals surface area (Å²) in [5, 5.41) is 6.09. The molecule has 0 aliphatic heterocycles. The molecule has 0 radical (unpaired) electrons. The molecule has 2 aromatic rings. The molecule has 2 aromatic carbocycles. The second-order valence-electron chi connectivity index (χ2n) is 9.27. The van der Waals surface area contributed by atoms with Crippen molar-refractivity contribution >= 4 is 38.3 Å². The van der Waals surface area contributed by atoms with Gasteiger partial charge in [0.25, 0.3) is 0 Å². The number of alkyl halides is 1. The summed E-state index contributed by atoms with van der Waals surface area (Å²) < 4.78 is 0. The van der Waals surface area contributed by atoms with Crippen LogP contribution in [0.15, 0.2) is 35.3 Å². The number of nitrogens with zero attached hydrogens (tertiary/aromatic N) is 1. The first-order valence-corrected chi connectivity index (χ1v) is 11.4. The number of nitrogens with one attached hydrogen (secondary N) is 1. The molecule has 0 spiro atoms. The van der Waals surface area contributed by atoms with Gasteiger partial charge in [-0.25, -0.2) is 4.99 Å². The third kappa shape index (κ3) is 2.55. The number of hydrogen-bond acceptors (Lipinski definition) is 1. The van der Waals surface area contributed by atoms with E-state index in [4.69, 9.17) is 10.7 Å². The highest BCUT2D eigenvalue weighted by atomic mass is 79.9. The lowest BCUT2D eigenvalue weighted by molar-refractivity contribution is 0.00124. The second kappa shape index (κ2) is 5.97. The number of aliphatic imine (C=N–C) groups is 1. The molecule has 4 saturated carbocycles. The minimum atomic E-state index is 0.422. The number of anilines is 1. The molecule has 140 valence electrons. The van der Waals surface area contributed by atoms with Crippen LogP contribution in [-0.4, -0.2) is 12.0 Å². The van der Waals surface area contributed by atoms with Gasteiger partial charge < -0.3 is 11.1 Å². The predicted molar refractivity (Wildman–Crippen MR) is 115 cm³/mol. The van der Waals surface area contributed by atoms with E-state index in [2.05, 4.69) is 51.6 Å². The van der Waals surface area contributed by atoms with Crippen molar-refractivity contribution in [1.82, 2.24) is 0 Å². The molecule has 1 unspecified atom stereocenters. The van der Waals surface area contributed by atoms with E-state index in [-0.39, 0.29) is 0 Å². The Bertz CT molecular complexity index is 922. The first-order chi connectivity index (χ1) is 13.2. The van der Waals surface area contributed by atoms with Crippen LogP contribution in [-0.2, 0) is 6.42 Å². The quantitative estimate of drug-likeness (QED) is 0.386. The molecular weight excluding hydrogens is 398 g/mol. The van der Waals surface area contributed by atoms with Crippen LogP contribution in [0.5, 0.6) is 0 Å². The Balaban J connectivity index is 1.31. The van der Waals surface area contributed by atoms with Gasteiger partial charge in [-0.1, -0.05) is 40.2 Å². The minimum Gasteiger partial charge on any atom is -0.370 e. The molecule has 0 saturated heterocycles. The third-order valence-electron chi connectivity index (χ3n) is 7.62. The standard InChI is InChI=1S/C23H26BrN3/c24-19-11-14-2-1-3-18-20(5-4-17(19)21(14)18)26-23(25)27-22-15-7-12-6-13(9-15)10-16(22)8-12/h1-5,12-13,15-16,19,22H,6-11H2,(H3,25,26,27). The summed E-state index contributed by atoms with van der Waals surface area (Å²) in [6.45, 7) is 0. The minimum absolute atomic E-state index is 0.422. The van der Waals surface area contributed by atoms with Crippen LogP contribution < -0.4 is 11.1 Å². The van der Waals surface area contributed by atoms with Crippen LogP contribution >= 0.6 is 15.9 Å². The Labute approximate surface area is 168 Å². The van der Waals surface area contributed by atoms with Crippen molar-refractivity contribution in [1.29, 1.82) is 0 Å². The van der Waals surface area contributed by atoms with Crippen LogP contribution in [0.4, 0.5) is 5.69 Å². The van der Waals surface area contributed by atoms with Gasteiger partial charge in [-0.15, -0.1) is 0 Å². The van der Waals surface area contributed by atoms with Crippen molar-refractivity contribution in [2.24, 2.45) is 34.4 Å². The summed E-state index contributed by atoms with van der Waals surface area (Å²) in [4.78, 5) is 5.45. The molecule has 5 aliphatic rings. The van der Waals surface area contributed by atoms with Crippen molar-refractivity contribution < 1.29 is 0 Å². The van der Waals surface area contributed by atoms with E-state index in [1.54, 1.807) is 0 Å². The van der Waals surface area contributed by atoms with Crippen LogP contribution in [0.25, 0.3) is 10.8 Å². The van der Waals surface area contributed by atoms with Gasteiger partial charge in [-0.3, -0.25) is 0 Å². The van der Waals surface area contributed by atoms with E-state index in [0.29, 0.717) is 16.8 Å². The van der Waals surface area contributed by atoms with Gasteiger partial charge in [0.1, 0.15) is 0 Å². The lowest BCUT2D eigenvalue weighted by atomic mass is 9.54. The normalized spacial score (nSPS) is 36.6. The largest absolute Gasteiger partial charge is 0.370 e. The summed E-state index contributed by atoms with van der Waals surface area (Å²) in [5.74, 6) is 4.08. The van der Waals surface area contributed by atoms with Crippen molar-refractivity contribution in [3.63, 3.8) is 0 Å². The first kappa shape index (κ1) is 16.4. The van der Waals surface area contributed by atoms with Crippen molar-refractivity contribution in [3.8, 4) is 0 Å². The van der Waals surface area contributed by atoms with E-state index in [1.807, 2.05) is 0 Å². The number of guanidine groups is 1. The molecule has 1 atom stereocenters. The molecule has 4 fully saturated rings. The van der Waals surface area contributed by atoms with Crippen molar-refractivity contribution in [2.75, 3.05) is 5.32 Å². The number of nitrogens with two attached hydrogens (primary N) is 1. The van der Waals surface area contributed by atoms with Crippen LogP contribution in [0.2, 0.25) is 0 Å². The maximum absolute atomic E-state index is 6.43. The molecule has 0 aromatic heterocycles. The molecule has 3 nitrogen and oxygen atoms in total. The van der Waals surface area contributed by atoms with Gasteiger partial charge in [0.2, 0.25) is 0 Å². The van der Waals surface area contributed by atoms with Crippen LogP contribution in [0, 0.1) is 23.7 Å². The average molecular weight is 424 g/mol. The lowest BCUT2D eigenvalue weighted by Crippen LogP contribution is -2.48. The predicted octanol–water partition coefficient (Wildman–Crippen LogP) is 5.38. The molecule has 0 heterocycles. The zero-order valence-corrected chi connectivity index (χ0v) is 17.1.